The lowest BCUT2D eigenvalue weighted by Gasteiger charge is -2.70. The van der Waals surface area contributed by atoms with Crippen molar-refractivity contribution in [1.82, 2.24) is 14.4 Å². The fourth-order valence-electron chi connectivity index (χ4n) is 6.75. The average molecular weight is 536 g/mol. The van der Waals surface area contributed by atoms with Crippen LogP contribution in [-0.2, 0) is 6.54 Å². The zero-order valence-electron chi connectivity index (χ0n) is 22.8. The molecule has 2 aromatic carbocycles. The number of methoxy groups -OCH3 is 2. The third-order valence-electron chi connectivity index (χ3n) is 8.56. The molecule has 3 heterocycles. The van der Waals surface area contributed by atoms with Gasteiger partial charge < -0.3 is 29.2 Å². The number of benzene rings is 2. The van der Waals surface area contributed by atoms with E-state index < -0.39 is 0 Å². The fraction of sp³-hybridized carbons (Fsp3) is 0.312. The van der Waals surface area contributed by atoms with Gasteiger partial charge in [0.1, 0.15) is 28.7 Å². The molecule has 204 valence electrons. The summed E-state index contributed by atoms with van der Waals surface area (Å²) >= 11 is 0. The molecule has 0 atom stereocenters. The number of rotatable bonds is 11. The molecule has 0 amide bonds. The molecular formula is C32H33N5O3. The first-order valence-corrected chi connectivity index (χ1v) is 13.7. The molecule has 3 aromatic heterocycles. The lowest BCUT2D eigenvalue weighted by Crippen LogP contribution is -2.66. The summed E-state index contributed by atoms with van der Waals surface area (Å²) in [7, 11) is 3.33. The van der Waals surface area contributed by atoms with E-state index in [0.717, 1.165) is 58.5 Å². The van der Waals surface area contributed by atoms with E-state index in [-0.39, 0.29) is 0 Å². The largest absolute Gasteiger partial charge is 0.497 e. The van der Waals surface area contributed by atoms with Gasteiger partial charge in [-0.2, -0.15) is 0 Å². The summed E-state index contributed by atoms with van der Waals surface area (Å²) in [4.78, 5) is 8.99. The minimum atomic E-state index is 0.325. The molecule has 3 fully saturated rings. The highest BCUT2D eigenvalue weighted by Gasteiger charge is 2.67. The summed E-state index contributed by atoms with van der Waals surface area (Å²) in [5.74, 6) is 3.31. The zero-order valence-corrected chi connectivity index (χ0v) is 22.8. The van der Waals surface area contributed by atoms with Gasteiger partial charge in [-0.15, -0.1) is 0 Å². The molecule has 8 nitrogen and oxygen atoms in total. The van der Waals surface area contributed by atoms with Crippen molar-refractivity contribution < 1.29 is 14.2 Å². The van der Waals surface area contributed by atoms with E-state index in [1.807, 2.05) is 53.3 Å². The molecule has 8 rings (SSSR count). The molecular weight excluding hydrogens is 502 g/mol. The molecule has 3 aliphatic rings. The Morgan fingerprint density at radius 3 is 2.58 bits per heavy atom. The van der Waals surface area contributed by atoms with Crippen LogP contribution < -0.4 is 24.8 Å². The average Bonchev–Trinajstić information content (AvgIpc) is 3.42. The minimum absolute atomic E-state index is 0.325. The maximum atomic E-state index is 6.19. The highest BCUT2D eigenvalue weighted by Crippen LogP contribution is 2.73. The van der Waals surface area contributed by atoms with Crippen molar-refractivity contribution >= 4 is 27.9 Å². The number of anilines is 2. The summed E-state index contributed by atoms with van der Waals surface area (Å²) in [5.41, 5.74) is 3.80. The number of ether oxygens (including phenoxy) is 3. The van der Waals surface area contributed by atoms with E-state index in [1.54, 1.807) is 20.4 Å². The lowest BCUT2D eigenvalue weighted by molar-refractivity contribution is -0.209. The smallest absolute Gasteiger partial charge is 0.140 e. The highest BCUT2D eigenvalue weighted by molar-refractivity contribution is 5.99. The summed E-state index contributed by atoms with van der Waals surface area (Å²) in [6, 6.07) is 18.4. The molecule has 2 N–H and O–H groups in total. The Bertz CT molecular complexity index is 1680. The molecule has 0 aliphatic heterocycles. The molecule has 0 spiro atoms. The van der Waals surface area contributed by atoms with Crippen LogP contribution in [0.5, 0.6) is 17.2 Å². The Labute approximate surface area is 233 Å². The van der Waals surface area contributed by atoms with Crippen LogP contribution in [-0.4, -0.2) is 41.7 Å². The molecule has 3 aliphatic carbocycles. The Morgan fingerprint density at radius 2 is 1.73 bits per heavy atom. The van der Waals surface area contributed by atoms with Crippen molar-refractivity contribution in [3.05, 3.63) is 84.9 Å². The van der Waals surface area contributed by atoms with Gasteiger partial charge in [-0.25, -0.2) is 9.97 Å². The monoisotopic (exact) mass is 535 g/mol. The number of imidazole rings is 1. The maximum Gasteiger partial charge on any atom is 0.140 e. The first-order valence-electron chi connectivity index (χ1n) is 13.7. The Kier molecular flexibility index (Phi) is 5.91. The van der Waals surface area contributed by atoms with Gasteiger partial charge in [0.05, 0.1) is 20.8 Å². The lowest BCUT2D eigenvalue weighted by atomic mass is 9.35. The maximum absolute atomic E-state index is 6.19. The van der Waals surface area contributed by atoms with Crippen molar-refractivity contribution in [2.75, 3.05) is 38.0 Å². The van der Waals surface area contributed by atoms with E-state index in [9.17, 15) is 0 Å². The molecule has 0 radical (unpaired) electrons. The van der Waals surface area contributed by atoms with Crippen LogP contribution in [0, 0.1) is 10.8 Å². The molecule has 0 saturated heterocycles. The van der Waals surface area contributed by atoms with Crippen LogP contribution in [0.25, 0.3) is 16.4 Å². The van der Waals surface area contributed by atoms with Crippen molar-refractivity contribution in [3.8, 4) is 17.2 Å². The van der Waals surface area contributed by atoms with Crippen molar-refractivity contribution in [1.29, 1.82) is 0 Å². The first kappa shape index (κ1) is 24.6. The predicted molar refractivity (Wildman–Crippen MR) is 157 cm³/mol. The van der Waals surface area contributed by atoms with Gasteiger partial charge in [0, 0.05) is 77.4 Å². The van der Waals surface area contributed by atoms with E-state index in [1.165, 1.54) is 24.6 Å². The van der Waals surface area contributed by atoms with E-state index in [0.29, 0.717) is 17.4 Å². The number of hydrogen-bond donors (Lipinski definition) is 2. The zero-order chi connectivity index (χ0) is 27.2. The Hall–Kier alpha value is -4.46. The predicted octanol–water partition coefficient (Wildman–Crippen LogP) is 6.17. The van der Waals surface area contributed by atoms with Crippen molar-refractivity contribution in [2.45, 2.75) is 25.8 Å². The number of aromatic nitrogens is 3. The molecule has 8 heteroatoms. The number of nitrogens with zero attached hydrogens (tertiary/aromatic N) is 3. The van der Waals surface area contributed by atoms with Gasteiger partial charge in [-0.1, -0.05) is 12.1 Å². The fourth-order valence-corrected chi connectivity index (χ4v) is 6.75. The van der Waals surface area contributed by atoms with Crippen LogP contribution in [0.2, 0.25) is 0 Å². The topological polar surface area (TPSA) is 81.9 Å². The van der Waals surface area contributed by atoms with Gasteiger partial charge in [0.15, 0.2) is 0 Å². The van der Waals surface area contributed by atoms with E-state index >= 15 is 0 Å². The number of pyridine rings is 2. The summed E-state index contributed by atoms with van der Waals surface area (Å²) in [5, 5.41) is 9.54. The summed E-state index contributed by atoms with van der Waals surface area (Å²) in [6.07, 6.45) is 11.3. The minimum Gasteiger partial charge on any atom is -0.497 e. The standard InChI is InChI=1S/C32H33N5O3/c1-38-23-7-6-22(28(14-23)39-2)16-35-30-26-4-3-5-27(25(26)8-10-34-30)36-20-31-17-32(18-31,19-31)21-40-24-9-12-37-13-11-33-29(37)15-24/h3-15,36H,16-21H2,1-2H3,(H,34,35). The highest BCUT2D eigenvalue weighted by atomic mass is 16.5. The van der Waals surface area contributed by atoms with Gasteiger partial charge in [0.2, 0.25) is 0 Å². The molecule has 2 bridgehead atoms. The molecule has 40 heavy (non-hydrogen) atoms. The summed E-state index contributed by atoms with van der Waals surface area (Å²) in [6.45, 7) is 2.35. The normalized spacial score (nSPS) is 20.9. The van der Waals surface area contributed by atoms with Gasteiger partial charge in [0.25, 0.3) is 0 Å². The van der Waals surface area contributed by atoms with Crippen LogP contribution in [0.15, 0.2) is 79.4 Å². The van der Waals surface area contributed by atoms with Crippen LogP contribution >= 0.6 is 0 Å². The Balaban J connectivity index is 0.975. The van der Waals surface area contributed by atoms with Gasteiger partial charge in [-0.05, 0) is 55.0 Å². The SMILES string of the molecule is COc1ccc(CNc2nccc3c(NCC45CC(COc6ccn7ccnc7c6)(C4)C5)cccc23)c(OC)c1. The van der Waals surface area contributed by atoms with Crippen LogP contribution in [0.1, 0.15) is 24.8 Å². The van der Waals surface area contributed by atoms with Gasteiger partial charge in [-0.3, -0.25) is 0 Å². The quantitative estimate of drug-likeness (QED) is 0.209. The number of nitrogens with one attached hydrogen (secondary N) is 2. The number of hydrogen-bond acceptors (Lipinski definition) is 7. The van der Waals surface area contributed by atoms with E-state index in [2.05, 4.69) is 44.9 Å². The molecule has 5 aromatic rings. The molecule has 3 saturated carbocycles. The third kappa shape index (κ3) is 4.33. The second kappa shape index (κ2) is 9.62. The number of fused-ring (bicyclic) bond motifs is 2. The second-order valence-corrected chi connectivity index (χ2v) is 11.3. The first-order chi connectivity index (χ1) is 19.6. The third-order valence-corrected chi connectivity index (χ3v) is 8.56. The Morgan fingerprint density at radius 1 is 0.825 bits per heavy atom. The summed E-state index contributed by atoms with van der Waals surface area (Å²) < 4.78 is 19.1. The van der Waals surface area contributed by atoms with Gasteiger partial charge >= 0.3 is 0 Å². The molecule has 0 unspecified atom stereocenters. The van der Waals surface area contributed by atoms with E-state index in [4.69, 9.17) is 14.2 Å². The van der Waals surface area contributed by atoms with Crippen molar-refractivity contribution in [2.24, 2.45) is 10.8 Å². The van der Waals surface area contributed by atoms with Crippen LogP contribution in [0.3, 0.4) is 0 Å². The van der Waals surface area contributed by atoms with Crippen LogP contribution in [0.4, 0.5) is 11.5 Å². The van der Waals surface area contributed by atoms with Crippen molar-refractivity contribution in [3.63, 3.8) is 0 Å². The second-order valence-electron chi connectivity index (χ2n) is 11.3.